The van der Waals surface area contributed by atoms with Crippen LogP contribution in [0.3, 0.4) is 0 Å². The van der Waals surface area contributed by atoms with Crippen molar-refractivity contribution in [1.29, 1.82) is 0 Å². The molecular weight excluding hydrogens is 203 g/mol. The first kappa shape index (κ1) is 11.4. The maximum absolute atomic E-state index is 13.3. The van der Waals surface area contributed by atoms with Crippen LogP contribution in [0, 0.1) is 5.82 Å². The molecule has 1 fully saturated rings. The van der Waals surface area contributed by atoms with E-state index >= 15 is 0 Å². The van der Waals surface area contributed by atoms with Crippen molar-refractivity contribution in [1.82, 2.24) is 10.6 Å². The van der Waals surface area contributed by atoms with Gasteiger partial charge in [0.15, 0.2) is 0 Å². The SMILES string of the molecule is Cl.Fc1ccccc1[C@@H]1CNCCN1. The number of benzene rings is 1. The van der Waals surface area contributed by atoms with Crippen LogP contribution < -0.4 is 10.6 Å². The molecule has 0 saturated carbocycles. The highest BCUT2D eigenvalue weighted by Gasteiger charge is 2.16. The largest absolute Gasteiger partial charge is 0.314 e. The second-order valence-corrected chi connectivity index (χ2v) is 3.23. The molecule has 1 aliphatic heterocycles. The van der Waals surface area contributed by atoms with E-state index in [4.69, 9.17) is 0 Å². The summed E-state index contributed by atoms with van der Waals surface area (Å²) in [5.41, 5.74) is 0.759. The van der Waals surface area contributed by atoms with E-state index in [1.54, 1.807) is 6.07 Å². The van der Waals surface area contributed by atoms with Crippen molar-refractivity contribution in [2.24, 2.45) is 0 Å². The molecule has 0 radical (unpaired) electrons. The minimum atomic E-state index is -0.122. The highest BCUT2D eigenvalue weighted by molar-refractivity contribution is 5.85. The van der Waals surface area contributed by atoms with Crippen LogP contribution in [0.1, 0.15) is 11.6 Å². The molecule has 0 aromatic heterocycles. The summed E-state index contributed by atoms with van der Waals surface area (Å²) in [4.78, 5) is 0. The topological polar surface area (TPSA) is 24.1 Å². The van der Waals surface area contributed by atoms with Gasteiger partial charge in [0.25, 0.3) is 0 Å². The van der Waals surface area contributed by atoms with Crippen molar-refractivity contribution in [3.05, 3.63) is 35.6 Å². The molecule has 4 heteroatoms. The van der Waals surface area contributed by atoms with Crippen molar-refractivity contribution in [2.45, 2.75) is 6.04 Å². The lowest BCUT2D eigenvalue weighted by Gasteiger charge is -2.25. The van der Waals surface area contributed by atoms with E-state index in [1.807, 2.05) is 12.1 Å². The fraction of sp³-hybridized carbons (Fsp3) is 0.400. The summed E-state index contributed by atoms with van der Waals surface area (Å²) in [6.07, 6.45) is 0. The number of halogens is 2. The van der Waals surface area contributed by atoms with Gasteiger partial charge in [0.05, 0.1) is 0 Å². The third kappa shape index (κ3) is 2.44. The predicted molar refractivity (Wildman–Crippen MR) is 57.3 cm³/mol. The summed E-state index contributed by atoms with van der Waals surface area (Å²) in [6, 6.07) is 7.05. The molecule has 1 aromatic carbocycles. The van der Waals surface area contributed by atoms with E-state index in [1.165, 1.54) is 6.07 Å². The smallest absolute Gasteiger partial charge is 0.128 e. The zero-order chi connectivity index (χ0) is 9.10. The Balaban J connectivity index is 0.000000980. The average molecular weight is 217 g/mol. The summed E-state index contributed by atoms with van der Waals surface area (Å²) in [5, 5.41) is 6.51. The van der Waals surface area contributed by atoms with E-state index in [-0.39, 0.29) is 24.3 Å². The molecule has 1 aliphatic rings. The Bertz CT molecular complexity index is 287. The zero-order valence-corrected chi connectivity index (χ0v) is 8.61. The lowest BCUT2D eigenvalue weighted by atomic mass is 10.1. The standard InChI is InChI=1S/C10H13FN2.ClH/c11-9-4-2-1-3-8(9)10-7-12-5-6-13-10;/h1-4,10,12-13H,5-7H2;1H/t10-;/m0./s1. The minimum absolute atomic E-state index is 0. The van der Waals surface area contributed by atoms with Crippen LogP contribution in [-0.4, -0.2) is 19.6 Å². The quantitative estimate of drug-likeness (QED) is 0.743. The van der Waals surface area contributed by atoms with Crippen molar-refractivity contribution in [3.8, 4) is 0 Å². The van der Waals surface area contributed by atoms with Crippen molar-refractivity contribution >= 4 is 12.4 Å². The van der Waals surface area contributed by atoms with Crippen LogP contribution in [0.15, 0.2) is 24.3 Å². The zero-order valence-electron chi connectivity index (χ0n) is 7.79. The molecule has 2 nitrogen and oxygen atoms in total. The molecule has 1 aromatic rings. The highest BCUT2D eigenvalue weighted by Crippen LogP contribution is 2.16. The molecule has 0 spiro atoms. The van der Waals surface area contributed by atoms with Gasteiger partial charge in [-0.05, 0) is 6.07 Å². The Labute approximate surface area is 89.3 Å². The first-order valence-corrected chi connectivity index (χ1v) is 4.56. The first-order valence-electron chi connectivity index (χ1n) is 4.56. The summed E-state index contributed by atoms with van der Waals surface area (Å²) in [7, 11) is 0. The molecule has 1 saturated heterocycles. The van der Waals surface area contributed by atoms with Gasteiger partial charge in [-0.25, -0.2) is 4.39 Å². The molecule has 1 heterocycles. The Morgan fingerprint density at radius 1 is 1.21 bits per heavy atom. The number of hydrogen-bond donors (Lipinski definition) is 2. The Morgan fingerprint density at radius 2 is 2.00 bits per heavy atom. The van der Waals surface area contributed by atoms with Gasteiger partial charge in [-0.2, -0.15) is 0 Å². The van der Waals surface area contributed by atoms with Gasteiger partial charge < -0.3 is 10.6 Å². The number of rotatable bonds is 1. The lowest BCUT2D eigenvalue weighted by Crippen LogP contribution is -2.42. The molecule has 78 valence electrons. The third-order valence-electron chi connectivity index (χ3n) is 2.32. The van der Waals surface area contributed by atoms with Gasteiger partial charge >= 0.3 is 0 Å². The van der Waals surface area contributed by atoms with Crippen LogP contribution in [-0.2, 0) is 0 Å². The normalized spacial score (nSPS) is 21.4. The molecular formula is C10H14ClFN2. The monoisotopic (exact) mass is 216 g/mol. The third-order valence-corrected chi connectivity index (χ3v) is 2.32. The van der Waals surface area contributed by atoms with Gasteiger partial charge in [0.1, 0.15) is 5.82 Å². The Morgan fingerprint density at radius 3 is 2.64 bits per heavy atom. The molecule has 0 bridgehead atoms. The van der Waals surface area contributed by atoms with Gasteiger partial charge in [-0.15, -0.1) is 12.4 Å². The van der Waals surface area contributed by atoms with E-state index in [0.29, 0.717) is 0 Å². The Hall–Kier alpha value is -0.640. The van der Waals surface area contributed by atoms with Crippen LogP contribution in [0.5, 0.6) is 0 Å². The van der Waals surface area contributed by atoms with E-state index in [2.05, 4.69) is 10.6 Å². The number of hydrogen-bond acceptors (Lipinski definition) is 2. The first-order chi connectivity index (χ1) is 6.38. The second-order valence-electron chi connectivity index (χ2n) is 3.23. The van der Waals surface area contributed by atoms with Gasteiger partial charge in [-0.1, -0.05) is 18.2 Å². The molecule has 2 rings (SSSR count). The lowest BCUT2D eigenvalue weighted by molar-refractivity contribution is 0.417. The average Bonchev–Trinajstić information content (AvgIpc) is 2.20. The second kappa shape index (κ2) is 5.29. The summed E-state index contributed by atoms with van der Waals surface area (Å²) in [5.74, 6) is -0.122. The number of piperazine rings is 1. The summed E-state index contributed by atoms with van der Waals surface area (Å²) in [6.45, 7) is 2.67. The molecule has 14 heavy (non-hydrogen) atoms. The van der Waals surface area contributed by atoms with Crippen molar-refractivity contribution in [3.63, 3.8) is 0 Å². The Kier molecular flexibility index (Phi) is 4.32. The van der Waals surface area contributed by atoms with E-state index < -0.39 is 0 Å². The highest BCUT2D eigenvalue weighted by atomic mass is 35.5. The van der Waals surface area contributed by atoms with Gasteiger partial charge in [0.2, 0.25) is 0 Å². The summed E-state index contributed by atoms with van der Waals surface area (Å²) < 4.78 is 13.3. The van der Waals surface area contributed by atoms with E-state index in [9.17, 15) is 4.39 Å². The molecule has 2 N–H and O–H groups in total. The fourth-order valence-electron chi connectivity index (χ4n) is 1.63. The van der Waals surface area contributed by atoms with Crippen LogP contribution in [0.2, 0.25) is 0 Å². The van der Waals surface area contributed by atoms with Crippen LogP contribution >= 0.6 is 12.4 Å². The number of nitrogens with one attached hydrogen (secondary N) is 2. The van der Waals surface area contributed by atoms with Gasteiger partial charge in [0, 0.05) is 31.2 Å². The van der Waals surface area contributed by atoms with E-state index in [0.717, 1.165) is 25.2 Å². The molecule has 0 amide bonds. The van der Waals surface area contributed by atoms with Crippen molar-refractivity contribution in [2.75, 3.05) is 19.6 Å². The van der Waals surface area contributed by atoms with Crippen molar-refractivity contribution < 1.29 is 4.39 Å². The van der Waals surface area contributed by atoms with Crippen LogP contribution in [0.25, 0.3) is 0 Å². The molecule has 0 unspecified atom stereocenters. The fourth-order valence-corrected chi connectivity index (χ4v) is 1.63. The molecule has 0 aliphatic carbocycles. The maximum Gasteiger partial charge on any atom is 0.128 e. The predicted octanol–water partition coefficient (Wildman–Crippen LogP) is 1.48. The minimum Gasteiger partial charge on any atom is -0.314 e. The maximum atomic E-state index is 13.3. The summed E-state index contributed by atoms with van der Waals surface area (Å²) >= 11 is 0. The van der Waals surface area contributed by atoms with Crippen LogP contribution in [0.4, 0.5) is 4.39 Å². The van der Waals surface area contributed by atoms with Gasteiger partial charge in [-0.3, -0.25) is 0 Å². The molecule has 1 atom stereocenters.